The van der Waals surface area contributed by atoms with Gasteiger partial charge in [0.2, 0.25) is 0 Å². The first-order valence-corrected chi connectivity index (χ1v) is 10.9. The third kappa shape index (κ3) is 4.53. The van der Waals surface area contributed by atoms with Crippen LogP contribution in [-0.2, 0) is 0 Å². The van der Waals surface area contributed by atoms with Crippen molar-refractivity contribution in [3.63, 3.8) is 0 Å². The van der Waals surface area contributed by atoms with Crippen LogP contribution in [-0.4, -0.2) is 10.8 Å². The van der Waals surface area contributed by atoms with Crippen LogP contribution in [0.5, 0.6) is 0 Å². The number of hydrogen-bond acceptors (Lipinski definition) is 3. The molecule has 30 heavy (non-hydrogen) atoms. The lowest BCUT2D eigenvalue weighted by Crippen LogP contribution is -2.04. The number of pyridine rings is 1. The average molecular weight is 478 g/mol. The summed E-state index contributed by atoms with van der Waals surface area (Å²) in [5.74, 6) is -0.434. The van der Waals surface area contributed by atoms with Crippen molar-refractivity contribution in [3.05, 3.63) is 106 Å². The number of fused-ring (bicyclic) bond motifs is 1. The van der Waals surface area contributed by atoms with E-state index in [1.807, 2.05) is 55.5 Å². The van der Waals surface area contributed by atoms with E-state index in [0.29, 0.717) is 10.6 Å². The summed E-state index contributed by atoms with van der Waals surface area (Å²) < 4.78 is 14.1. The molecule has 5 heteroatoms. The molecule has 1 heterocycles. The molecule has 0 saturated heterocycles. The zero-order chi connectivity index (χ0) is 21.1. The van der Waals surface area contributed by atoms with Gasteiger partial charge in [-0.1, -0.05) is 64.1 Å². The Morgan fingerprint density at radius 3 is 2.43 bits per heavy atom. The monoisotopic (exact) mass is 477 g/mol. The second kappa shape index (κ2) is 8.94. The lowest BCUT2D eigenvalue weighted by Gasteiger charge is -2.12. The third-order valence-electron chi connectivity index (χ3n) is 4.69. The number of ketones is 1. The molecule has 0 spiro atoms. The van der Waals surface area contributed by atoms with Crippen LogP contribution in [0.2, 0.25) is 0 Å². The van der Waals surface area contributed by atoms with Gasteiger partial charge in [-0.3, -0.25) is 4.79 Å². The van der Waals surface area contributed by atoms with Crippen LogP contribution < -0.4 is 0 Å². The van der Waals surface area contributed by atoms with E-state index in [9.17, 15) is 9.18 Å². The van der Waals surface area contributed by atoms with E-state index in [-0.39, 0.29) is 11.6 Å². The summed E-state index contributed by atoms with van der Waals surface area (Å²) in [6, 6.07) is 21.8. The molecule has 3 aromatic carbocycles. The van der Waals surface area contributed by atoms with Gasteiger partial charge in [-0.2, -0.15) is 0 Å². The van der Waals surface area contributed by atoms with Crippen molar-refractivity contribution < 1.29 is 9.18 Å². The maximum atomic E-state index is 13.2. The number of aromatic nitrogens is 1. The minimum atomic E-state index is -0.304. The molecule has 148 valence electrons. The first-order valence-electron chi connectivity index (χ1n) is 9.32. The maximum Gasteiger partial charge on any atom is 0.188 e. The van der Waals surface area contributed by atoms with E-state index in [2.05, 4.69) is 15.9 Å². The standard InChI is InChI=1S/C25H17BrFNOS/c1-16-21-4-2-3-5-22(21)28-25(30-20-13-9-18(26)10-14-20)24(16)23(29)15-8-17-6-11-19(27)12-7-17/h2-15H,1H3/b15-8+. The van der Waals surface area contributed by atoms with Crippen LogP contribution in [0.1, 0.15) is 21.5 Å². The molecule has 1 aromatic heterocycles. The first-order chi connectivity index (χ1) is 14.5. The Morgan fingerprint density at radius 1 is 1.00 bits per heavy atom. The van der Waals surface area contributed by atoms with E-state index in [1.54, 1.807) is 18.2 Å². The van der Waals surface area contributed by atoms with Gasteiger partial charge in [0.25, 0.3) is 0 Å². The molecular weight excluding hydrogens is 461 g/mol. The summed E-state index contributed by atoms with van der Waals surface area (Å²) in [6.07, 6.45) is 3.22. The third-order valence-corrected chi connectivity index (χ3v) is 6.22. The van der Waals surface area contributed by atoms with Crippen molar-refractivity contribution in [1.29, 1.82) is 0 Å². The summed E-state index contributed by atoms with van der Waals surface area (Å²) >= 11 is 4.92. The van der Waals surface area contributed by atoms with Gasteiger partial charge in [0.05, 0.1) is 11.1 Å². The van der Waals surface area contributed by atoms with Gasteiger partial charge in [-0.05, 0) is 66.6 Å². The Morgan fingerprint density at radius 2 is 1.70 bits per heavy atom. The van der Waals surface area contributed by atoms with Gasteiger partial charge in [-0.25, -0.2) is 9.37 Å². The minimum absolute atomic E-state index is 0.130. The molecule has 0 radical (unpaired) electrons. The van der Waals surface area contributed by atoms with Crippen LogP contribution in [0.3, 0.4) is 0 Å². The topological polar surface area (TPSA) is 30.0 Å². The van der Waals surface area contributed by atoms with E-state index >= 15 is 0 Å². The summed E-state index contributed by atoms with van der Waals surface area (Å²) in [7, 11) is 0. The van der Waals surface area contributed by atoms with E-state index < -0.39 is 0 Å². The fourth-order valence-electron chi connectivity index (χ4n) is 3.16. The minimum Gasteiger partial charge on any atom is -0.289 e. The molecule has 0 N–H and O–H groups in total. The van der Waals surface area contributed by atoms with Crippen LogP contribution >= 0.6 is 27.7 Å². The predicted octanol–water partition coefficient (Wildman–Crippen LogP) is 7.49. The number of para-hydroxylation sites is 1. The number of hydrogen-bond donors (Lipinski definition) is 0. The van der Waals surface area contributed by atoms with Crippen LogP contribution in [0.4, 0.5) is 4.39 Å². The number of nitrogens with zero attached hydrogens (tertiary/aromatic N) is 1. The van der Waals surface area contributed by atoms with Crippen LogP contribution in [0.25, 0.3) is 17.0 Å². The Bertz CT molecular complexity index is 1250. The molecular formula is C25H17BrFNOS. The van der Waals surface area contributed by atoms with Crippen molar-refractivity contribution in [1.82, 2.24) is 4.98 Å². The van der Waals surface area contributed by atoms with Crippen molar-refractivity contribution in [2.45, 2.75) is 16.8 Å². The lowest BCUT2D eigenvalue weighted by molar-refractivity contribution is 0.104. The van der Waals surface area contributed by atoms with Gasteiger partial charge in [-0.15, -0.1) is 0 Å². The number of halogens is 2. The van der Waals surface area contributed by atoms with Crippen LogP contribution in [0, 0.1) is 12.7 Å². The van der Waals surface area contributed by atoms with Gasteiger partial charge >= 0.3 is 0 Å². The van der Waals surface area contributed by atoms with Crippen molar-refractivity contribution in [2.24, 2.45) is 0 Å². The Hall–Kier alpha value is -2.76. The summed E-state index contributed by atoms with van der Waals surface area (Å²) in [5, 5.41) is 1.62. The summed E-state index contributed by atoms with van der Waals surface area (Å²) in [4.78, 5) is 19.0. The second-order valence-electron chi connectivity index (χ2n) is 6.74. The molecule has 0 amide bonds. The number of benzene rings is 3. The number of allylic oxidation sites excluding steroid dienone is 1. The smallest absolute Gasteiger partial charge is 0.188 e. The Labute approximate surface area is 187 Å². The van der Waals surface area contributed by atoms with Gasteiger partial charge in [0.1, 0.15) is 10.8 Å². The molecule has 4 aromatic rings. The quantitative estimate of drug-likeness (QED) is 0.220. The zero-order valence-electron chi connectivity index (χ0n) is 16.1. The van der Waals surface area contributed by atoms with Crippen molar-refractivity contribution in [3.8, 4) is 0 Å². The van der Waals surface area contributed by atoms with Gasteiger partial charge < -0.3 is 0 Å². The van der Waals surface area contributed by atoms with E-state index in [0.717, 1.165) is 31.4 Å². The lowest BCUT2D eigenvalue weighted by atomic mass is 10.0. The molecule has 2 nitrogen and oxygen atoms in total. The van der Waals surface area contributed by atoms with E-state index in [4.69, 9.17) is 4.98 Å². The number of carbonyl (C=O) groups excluding carboxylic acids is 1. The molecule has 0 aliphatic heterocycles. The highest BCUT2D eigenvalue weighted by Gasteiger charge is 2.18. The fraction of sp³-hybridized carbons (Fsp3) is 0.0400. The predicted molar refractivity (Wildman–Crippen MR) is 125 cm³/mol. The second-order valence-corrected chi connectivity index (χ2v) is 8.72. The summed E-state index contributed by atoms with van der Waals surface area (Å²) in [6.45, 7) is 1.95. The largest absolute Gasteiger partial charge is 0.289 e. The van der Waals surface area contributed by atoms with E-state index in [1.165, 1.54) is 30.0 Å². The molecule has 0 aliphatic rings. The maximum absolute atomic E-state index is 13.2. The molecule has 0 aliphatic carbocycles. The molecule has 0 fully saturated rings. The molecule has 4 rings (SSSR count). The van der Waals surface area contributed by atoms with Crippen molar-refractivity contribution in [2.75, 3.05) is 0 Å². The average Bonchev–Trinajstić information content (AvgIpc) is 2.75. The molecule has 0 saturated carbocycles. The molecule has 0 bridgehead atoms. The Kier molecular flexibility index (Phi) is 6.11. The highest BCUT2D eigenvalue weighted by Crippen LogP contribution is 2.34. The fourth-order valence-corrected chi connectivity index (χ4v) is 4.42. The first kappa shape index (κ1) is 20.5. The van der Waals surface area contributed by atoms with Crippen molar-refractivity contribution >= 4 is 50.5 Å². The summed E-state index contributed by atoms with van der Waals surface area (Å²) in [5.41, 5.74) is 3.10. The number of aryl methyl sites for hydroxylation is 1. The highest BCUT2D eigenvalue weighted by atomic mass is 79.9. The van der Waals surface area contributed by atoms with Crippen LogP contribution in [0.15, 0.2) is 93.3 Å². The number of carbonyl (C=O) groups is 1. The van der Waals surface area contributed by atoms with Gasteiger partial charge in [0, 0.05) is 14.8 Å². The molecule has 0 atom stereocenters. The highest BCUT2D eigenvalue weighted by molar-refractivity contribution is 9.10. The number of rotatable bonds is 5. The SMILES string of the molecule is Cc1c(C(=O)/C=C/c2ccc(F)cc2)c(Sc2ccc(Br)cc2)nc2ccccc12. The molecule has 0 unspecified atom stereocenters. The zero-order valence-corrected chi connectivity index (χ0v) is 18.5. The normalized spacial score (nSPS) is 11.3. The van der Waals surface area contributed by atoms with Gasteiger partial charge in [0.15, 0.2) is 5.78 Å². The Balaban J connectivity index is 1.77.